The van der Waals surface area contributed by atoms with Gasteiger partial charge < -0.3 is 14.8 Å². The topological polar surface area (TPSA) is 106 Å². The fourth-order valence-corrected chi connectivity index (χ4v) is 8.16. The number of rotatable bonds is 9. The van der Waals surface area contributed by atoms with Crippen molar-refractivity contribution in [1.29, 1.82) is 0 Å². The molecule has 2 heterocycles. The predicted octanol–water partition coefficient (Wildman–Crippen LogP) is 10.1. The first-order valence-electron chi connectivity index (χ1n) is 14.4. The number of hydrogen-bond donors (Lipinski definition) is 2. The molecule has 0 saturated carbocycles. The van der Waals surface area contributed by atoms with Gasteiger partial charge in [-0.3, -0.25) is 9.59 Å². The van der Waals surface area contributed by atoms with E-state index in [2.05, 4.69) is 31.8 Å². The van der Waals surface area contributed by atoms with Crippen LogP contribution in [-0.4, -0.2) is 30.6 Å². The number of fused-ring (bicyclic) bond motifs is 2. The monoisotopic (exact) mass is 779 g/mol. The number of thiophene rings is 2. The molecule has 0 bridgehead atoms. The second-order valence-electron chi connectivity index (χ2n) is 10.4. The van der Waals surface area contributed by atoms with E-state index in [0.29, 0.717) is 44.1 Å². The SMILES string of the molecule is CCOc1cc(/C=N\NC(=O)c2ccc(NC(=O)c3sc4cc(C)ccc4c3Cl)cc2)ccc1OC(=O)c1sc2cc(Br)ccc2c1Cl. The van der Waals surface area contributed by atoms with Gasteiger partial charge in [0.2, 0.25) is 0 Å². The molecule has 2 amide bonds. The predicted molar refractivity (Wildman–Crippen MR) is 198 cm³/mol. The third-order valence-corrected chi connectivity index (χ3v) is 10.8. The number of nitrogens with zero attached hydrogens (tertiary/aromatic N) is 1. The highest BCUT2D eigenvalue weighted by atomic mass is 79.9. The largest absolute Gasteiger partial charge is 0.490 e. The van der Waals surface area contributed by atoms with Gasteiger partial charge >= 0.3 is 5.97 Å². The highest BCUT2D eigenvalue weighted by Gasteiger charge is 2.21. The van der Waals surface area contributed by atoms with Crippen LogP contribution in [0.4, 0.5) is 5.69 Å². The summed E-state index contributed by atoms with van der Waals surface area (Å²) in [4.78, 5) is 39.4. The lowest BCUT2D eigenvalue weighted by molar-refractivity contribution is 0.0733. The summed E-state index contributed by atoms with van der Waals surface area (Å²) in [5.74, 6) is -0.836. The summed E-state index contributed by atoms with van der Waals surface area (Å²) in [5.41, 5.74) is 5.01. The Bertz CT molecular complexity index is 2250. The second kappa shape index (κ2) is 14.5. The zero-order valence-electron chi connectivity index (χ0n) is 25.2. The highest BCUT2D eigenvalue weighted by Crippen LogP contribution is 2.39. The Morgan fingerprint density at radius 1 is 0.833 bits per heavy atom. The van der Waals surface area contributed by atoms with Gasteiger partial charge in [0.15, 0.2) is 11.5 Å². The molecule has 4 aromatic carbocycles. The minimum absolute atomic E-state index is 0.217. The Kier molecular flexibility index (Phi) is 10.1. The molecular weight excluding hydrogens is 757 g/mol. The molecule has 0 aliphatic carbocycles. The van der Waals surface area contributed by atoms with E-state index in [4.69, 9.17) is 32.7 Å². The lowest BCUT2D eigenvalue weighted by Gasteiger charge is -2.11. The molecule has 6 rings (SSSR count). The number of nitrogens with one attached hydrogen (secondary N) is 2. The Hall–Kier alpha value is -4.26. The summed E-state index contributed by atoms with van der Waals surface area (Å²) in [6, 6.07) is 22.8. The van der Waals surface area contributed by atoms with Crippen LogP contribution in [0.15, 0.2) is 88.4 Å². The van der Waals surface area contributed by atoms with Crippen molar-refractivity contribution in [2.24, 2.45) is 5.10 Å². The number of hydrazone groups is 1. The molecule has 13 heteroatoms. The highest BCUT2D eigenvalue weighted by molar-refractivity contribution is 9.10. The van der Waals surface area contributed by atoms with Crippen molar-refractivity contribution in [3.05, 3.63) is 120 Å². The molecule has 48 heavy (non-hydrogen) atoms. The Morgan fingerprint density at radius 2 is 1.52 bits per heavy atom. The van der Waals surface area contributed by atoms with Gasteiger partial charge in [0.1, 0.15) is 9.75 Å². The van der Waals surface area contributed by atoms with Crippen molar-refractivity contribution < 1.29 is 23.9 Å². The van der Waals surface area contributed by atoms with Crippen molar-refractivity contribution in [2.45, 2.75) is 13.8 Å². The molecule has 242 valence electrons. The lowest BCUT2D eigenvalue weighted by Crippen LogP contribution is -2.17. The number of anilines is 1. The molecule has 0 unspecified atom stereocenters. The van der Waals surface area contributed by atoms with Crippen LogP contribution in [-0.2, 0) is 0 Å². The Balaban J connectivity index is 1.08. The summed E-state index contributed by atoms with van der Waals surface area (Å²) in [5, 5.41) is 9.23. The molecular formula is C35H24BrCl2N3O5S2. The van der Waals surface area contributed by atoms with Gasteiger partial charge in [0, 0.05) is 35.9 Å². The molecule has 8 nitrogen and oxygen atoms in total. The molecule has 2 N–H and O–H groups in total. The normalized spacial score (nSPS) is 11.3. The third kappa shape index (κ3) is 7.25. The summed E-state index contributed by atoms with van der Waals surface area (Å²) >= 11 is 19.0. The number of halogens is 3. The van der Waals surface area contributed by atoms with E-state index in [1.165, 1.54) is 28.9 Å². The van der Waals surface area contributed by atoms with Crippen molar-refractivity contribution in [3.8, 4) is 11.5 Å². The fourth-order valence-electron chi connectivity index (χ4n) is 4.72. The number of esters is 1. The molecule has 0 spiro atoms. The van der Waals surface area contributed by atoms with E-state index >= 15 is 0 Å². The molecule has 0 fully saturated rings. The number of carbonyl (C=O) groups is 3. The average Bonchev–Trinajstić information content (AvgIpc) is 3.57. The van der Waals surface area contributed by atoms with Crippen LogP contribution >= 0.6 is 61.8 Å². The third-order valence-electron chi connectivity index (χ3n) is 7.02. The number of aryl methyl sites for hydroxylation is 1. The number of carbonyl (C=O) groups excluding carboxylic acids is 3. The fraction of sp³-hybridized carbons (Fsp3) is 0.0857. The summed E-state index contributed by atoms with van der Waals surface area (Å²) in [7, 11) is 0. The molecule has 0 saturated heterocycles. The van der Waals surface area contributed by atoms with Gasteiger partial charge in [-0.05, 0) is 85.6 Å². The minimum atomic E-state index is -0.600. The van der Waals surface area contributed by atoms with E-state index in [0.717, 1.165) is 30.2 Å². The first-order chi connectivity index (χ1) is 23.1. The molecule has 0 radical (unpaired) electrons. The summed E-state index contributed by atoms with van der Waals surface area (Å²) in [6.45, 7) is 4.12. The van der Waals surface area contributed by atoms with E-state index < -0.39 is 11.9 Å². The smallest absolute Gasteiger partial charge is 0.355 e. The standard InChI is InChI=1S/C35H24BrCl2N3O5S2/c1-3-45-26-15-19(5-13-25(26)46-35(44)32-30(38)24-12-8-21(36)16-28(24)48-32)17-39-41-33(42)20-6-9-22(10-7-20)40-34(43)31-29(37)23-11-4-18(2)14-27(23)47-31/h4-17H,3H2,1-2H3,(H,40,43)(H,41,42)/b39-17-. The minimum Gasteiger partial charge on any atom is -0.490 e. The molecule has 0 aliphatic rings. The van der Waals surface area contributed by atoms with Gasteiger partial charge in [0.25, 0.3) is 11.8 Å². The maximum absolute atomic E-state index is 13.0. The van der Waals surface area contributed by atoms with Crippen LogP contribution < -0.4 is 20.2 Å². The number of benzene rings is 4. The molecule has 2 aromatic heterocycles. The van der Waals surface area contributed by atoms with E-state index in [9.17, 15) is 14.4 Å². The average molecular weight is 782 g/mol. The number of amides is 2. The molecule has 0 aliphatic heterocycles. The van der Waals surface area contributed by atoms with E-state index in [1.807, 2.05) is 50.2 Å². The van der Waals surface area contributed by atoms with E-state index in [1.54, 1.807) is 42.5 Å². The van der Waals surface area contributed by atoms with Crippen molar-refractivity contribution in [1.82, 2.24) is 5.43 Å². The number of ether oxygens (including phenoxy) is 2. The van der Waals surface area contributed by atoms with Crippen LogP contribution in [0.2, 0.25) is 10.0 Å². The van der Waals surface area contributed by atoms with Gasteiger partial charge in [0.05, 0.1) is 22.9 Å². The number of hydrogen-bond acceptors (Lipinski definition) is 8. The molecule has 0 atom stereocenters. The maximum Gasteiger partial charge on any atom is 0.355 e. The second-order valence-corrected chi connectivity index (χ2v) is 14.2. The zero-order chi connectivity index (χ0) is 33.9. The lowest BCUT2D eigenvalue weighted by atomic mass is 10.2. The van der Waals surface area contributed by atoms with Gasteiger partial charge in [-0.15, -0.1) is 22.7 Å². The van der Waals surface area contributed by atoms with Crippen LogP contribution in [0.5, 0.6) is 11.5 Å². The maximum atomic E-state index is 13.0. The zero-order valence-corrected chi connectivity index (χ0v) is 30.0. The van der Waals surface area contributed by atoms with Crippen molar-refractivity contribution >= 4 is 112 Å². The van der Waals surface area contributed by atoms with Gasteiger partial charge in [-0.25, -0.2) is 10.2 Å². The van der Waals surface area contributed by atoms with Crippen molar-refractivity contribution in [2.75, 3.05) is 11.9 Å². The summed E-state index contributed by atoms with van der Waals surface area (Å²) in [6.07, 6.45) is 1.44. The Labute approximate surface area is 301 Å². The van der Waals surface area contributed by atoms with Gasteiger partial charge in [-0.2, -0.15) is 5.10 Å². The van der Waals surface area contributed by atoms with Crippen molar-refractivity contribution in [3.63, 3.8) is 0 Å². The van der Waals surface area contributed by atoms with Gasteiger partial charge in [-0.1, -0.05) is 57.3 Å². The Morgan fingerprint density at radius 3 is 2.27 bits per heavy atom. The van der Waals surface area contributed by atoms with Crippen LogP contribution in [0.1, 0.15) is 47.8 Å². The van der Waals surface area contributed by atoms with Crippen LogP contribution in [0.25, 0.3) is 20.2 Å². The summed E-state index contributed by atoms with van der Waals surface area (Å²) < 4.78 is 14.0. The van der Waals surface area contributed by atoms with Crippen LogP contribution in [0, 0.1) is 6.92 Å². The quantitative estimate of drug-likeness (QED) is 0.0658. The first kappa shape index (κ1) is 33.6. The molecule has 6 aromatic rings. The van der Waals surface area contributed by atoms with Crippen LogP contribution in [0.3, 0.4) is 0 Å². The van der Waals surface area contributed by atoms with E-state index in [-0.39, 0.29) is 16.5 Å². The first-order valence-corrected chi connectivity index (χ1v) is 17.6.